The standard InChI is InChI=1S/C14H22N4O3S/c1-14(2)13(21)16-10(9-22-14)12(20)18(6-7-19)8-11-15-4-5-17(11)3/h4-5,10,19H,6-9H2,1-3H3,(H,16,21)/t10-/m0/s1. The second-order valence-corrected chi connectivity index (χ2v) is 7.43. The minimum absolute atomic E-state index is 0.129. The molecule has 1 aliphatic rings. The predicted molar refractivity (Wildman–Crippen MR) is 84.2 cm³/mol. The lowest BCUT2D eigenvalue weighted by molar-refractivity contribution is -0.137. The maximum atomic E-state index is 12.6. The molecule has 0 spiro atoms. The smallest absolute Gasteiger partial charge is 0.246 e. The zero-order valence-electron chi connectivity index (χ0n) is 13.1. The maximum Gasteiger partial charge on any atom is 0.246 e. The zero-order valence-corrected chi connectivity index (χ0v) is 13.9. The number of nitrogens with zero attached hydrogens (tertiary/aromatic N) is 3. The second kappa shape index (κ2) is 6.70. The van der Waals surface area contributed by atoms with Gasteiger partial charge in [0.25, 0.3) is 0 Å². The summed E-state index contributed by atoms with van der Waals surface area (Å²) in [6, 6.07) is -0.558. The van der Waals surface area contributed by atoms with Crippen LogP contribution in [0.3, 0.4) is 0 Å². The molecule has 2 N–H and O–H groups in total. The molecule has 1 fully saturated rings. The van der Waals surface area contributed by atoms with Gasteiger partial charge in [-0.05, 0) is 13.8 Å². The first-order valence-corrected chi connectivity index (χ1v) is 8.14. The summed E-state index contributed by atoms with van der Waals surface area (Å²) < 4.78 is 1.31. The summed E-state index contributed by atoms with van der Waals surface area (Å²) in [4.78, 5) is 30.4. The molecule has 122 valence electrons. The Hall–Kier alpha value is -1.54. The van der Waals surface area contributed by atoms with Crippen molar-refractivity contribution in [2.75, 3.05) is 18.9 Å². The number of aryl methyl sites for hydroxylation is 1. The number of rotatable bonds is 5. The van der Waals surface area contributed by atoms with Gasteiger partial charge in [-0.25, -0.2) is 4.98 Å². The van der Waals surface area contributed by atoms with E-state index in [-0.39, 0.29) is 25.0 Å². The first-order chi connectivity index (χ1) is 10.3. The van der Waals surface area contributed by atoms with Crippen LogP contribution in [0.2, 0.25) is 0 Å². The maximum absolute atomic E-state index is 12.6. The topological polar surface area (TPSA) is 87.5 Å². The van der Waals surface area contributed by atoms with Gasteiger partial charge >= 0.3 is 0 Å². The van der Waals surface area contributed by atoms with Crippen molar-refractivity contribution < 1.29 is 14.7 Å². The van der Waals surface area contributed by atoms with E-state index in [9.17, 15) is 14.7 Å². The number of amides is 2. The number of carbonyl (C=O) groups excluding carboxylic acids is 2. The van der Waals surface area contributed by atoms with E-state index in [2.05, 4.69) is 10.3 Å². The lowest BCUT2D eigenvalue weighted by Crippen LogP contribution is -2.58. The average Bonchev–Trinajstić information content (AvgIpc) is 2.86. The molecule has 1 aromatic rings. The van der Waals surface area contributed by atoms with Gasteiger partial charge in [0.05, 0.1) is 17.9 Å². The molecule has 0 bridgehead atoms. The Morgan fingerprint density at radius 2 is 2.36 bits per heavy atom. The number of aliphatic hydroxyl groups is 1. The first-order valence-electron chi connectivity index (χ1n) is 7.16. The summed E-state index contributed by atoms with van der Waals surface area (Å²) in [7, 11) is 1.85. The van der Waals surface area contributed by atoms with Gasteiger partial charge < -0.3 is 19.9 Å². The molecule has 0 aliphatic carbocycles. The molecule has 0 radical (unpaired) electrons. The van der Waals surface area contributed by atoms with Crippen LogP contribution >= 0.6 is 11.8 Å². The van der Waals surface area contributed by atoms with Crippen LogP contribution < -0.4 is 5.32 Å². The molecule has 2 heterocycles. The molecule has 2 rings (SSSR count). The van der Waals surface area contributed by atoms with Crippen molar-refractivity contribution in [2.45, 2.75) is 31.2 Å². The Morgan fingerprint density at radius 3 is 2.91 bits per heavy atom. The first kappa shape index (κ1) is 16.8. The largest absolute Gasteiger partial charge is 0.395 e. The van der Waals surface area contributed by atoms with Gasteiger partial charge in [-0.1, -0.05) is 0 Å². The van der Waals surface area contributed by atoms with Crippen LogP contribution in [-0.4, -0.2) is 61.1 Å². The van der Waals surface area contributed by atoms with Gasteiger partial charge in [0, 0.05) is 31.7 Å². The Morgan fingerprint density at radius 1 is 1.64 bits per heavy atom. The number of nitrogens with one attached hydrogen (secondary N) is 1. The summed E-state index contributed by atoms with van der Waals surface area (Å²) in [5.74, 6) is 0.938. The second-order valence-electron chi connectivity index (χ2n) is 5.79. The molecule has 1 atom stereocenters. The van der Waals surface area contributed by atoms with Crippen molar-refractivity contribution in [1.29, 1.82) is 0 Å². The summed E-state index contributed by atoms with van der Waals surface area (Å²) in [6.07, 6.45) is 3.47. The van der Waals surface area contributed by atoms with Crippen molar-refractivity contribution in [2.24, 2.45) is 7.05 Å². The van der Waals surface area contributed by atoms with E-state index in [0.29, 0.717) is 12.3 Å². The van der Waals surface area contributed by atoms with E-state index in [1.165, 1.54) is 16.7 Å². The third kappa shape index (κ3) is 3.61. The fourth-order valence-electron chi connectivity index (χ4n) is 2.19. The quantitative estimate of drug-likeness (QED) is 0.779. The lowest BCUT2D eigenvalue weighted by atomic mass is 10.1. The minimum Gasteiger partial charge on any atom is -0.395 e. The Balaban J connectivity index is 2.07. The van der Waals surface area contributed by atoms with Gasteiger partial charge in [0.1, 0.15) is 11.9 Å². The third-order valence-electron chi connectivity index (χ3n) is 3.70. The highest BCUT2D eigenvalue weighted by atomic mass is 32.2. The van der Waals surface area contributed by atoms with Crippen LogP contribution in [0, 0.1) is 0 Å². The van der Waals surface area contributed by atoms with Crippen molar-refractivity contribution in [3.05, 3.63) is 18.2 Å². The summed E-state index contributed by atoms with van der Waals surface area (Å²) in [5.41, 5.74) is 0. The van der Waals surface area contributed by atoms with Crippen LogP contribution in [0.4, 0.5) is 0 Å². The molecule has 22 heavy (non-hydrogen) atoms. The van der Waals surface area contributed by atoms with Gasteiger partial charge in [0.15, 0.2) is 0 Å². The van der Waals surface area contributed by atoms with E-state index in [4.69, 9.17) is 0 Å². The Labute approximate surface area is 134 Å². The highest BCUT2D eigenvalue weighted by Crippen LogP contribution is 2.29. The predicted octanol–water partition coefficient (Wildman–Crippen LogP) is -0.249. The molecule has 1 saturated heterocycles. The number of aromatic nitrogens is 2. The summed E-state index contributed by atoms with van der Waals surface area (Å²) in [6.45, 7) is 4.07. The van der Waals surface area contributed by atoms with Crippen LogP contribution in [0.25, 0.3) is 0 Å². The van der Waals surface area contributed by atoms with Crippen LogP contribution in [-0.2, 0) is 23.2 Å². The molecule has 1 aromatic heterocycles. The van der Waals surface area contributed by atoms with Gasteiger partial charge in [-0.15, -0.1) is 11.8 Å². The van der Waals surface area contributed by atoms with Gasteiger partial charge in [0.2, 0.25) is 11.8 Å². The molecule has 0 aromatic carbocycles. The monoisotopic (exact) mass is 326 g/mol. The van der Waals surface area contributed by atoms with Gasteiger partial charge in [-0.2, -0.15) is 0 Å². The van der Waals surface area contributed by atoms with Crippen molar-refractivity contribution in [3.8, 4) is 0 Å². The number of hydrogen-bond donors (Lipinski definition) is 2. The highest BCUT2D eigenvalue weighted by Gasteiger charge is 2.39. The molecule has 1 aliphatic heterocycles. The van der Waals surface area contributed by atoms with Crippen molar-refractivity contribution in [1.82, 2.24) is 19.8 Å². The molecule has 0 saturated carbocycles. The average molecular weight is 326 g/mol. The number of hydrogen-bond acceptors (Lipinski definition) is 5. The van der Waals surface area contributed by atoms with Crippen molar-refractivity contribution in [3.63, 3.8) is 0 Å². The molecular formula is C14H22N4O3S. The molecule has 0 unspecified atom stereocenters. The molecular weight excluding hydrogens is 304 g/mol. The number of imidazole rings is 1. The minimum atomic E-state index is -0.558. The van der Waals surface area contributed by atoms with Crippen LogP contribution in [0.1, 0.15) is 19.7 Å². The number of carbonyl (C=O) groups is 2. The summed E-state index contributed by atoms with van der Waals surface area (Å²) >= 11 is 1.47. The van der Waals surface area contributed by atoms with E-state index < -0.39 is 10.8 Å². The Kier molecular flexibility index (Phi) is 5.12. The van der Waals surface area contributed by atoms with Crippen molar-refractivity contribution >= 4 is 23.6 Å². The van der Waals surface area contributed by atoms with E-state index in [1.807, 2.05) is 25.5 Å². The fraction of sp³-hybridized carbons (Fsp3) is 0.643. The molecule has 8 heteroatoms. The normalized spacial score (nSPS) is 20.5. The number of aliphatic hydroxyl groups excluding tert-OH is 1. The highest BCUT2D eigenvalue weighted by molar-refractivity contribution is 8.01. The SMILES string of the molecule is Cn1ccnc1CN(CCO)C(=O)[C@@H]1CSC(C)(C)C(=O)N1. The van der Waals surface area contributed by atoms with Crippen LogP contribution in [0.15, 0.2) is 12.4 Å². The fourth-order valence-corrected chi connectivity index (χ4v) is 3.19. The lowest BCUT2D eigenvalue weighted by Gasteiger charge is -2.35. The number of thioether (sulfide) groups is 1. The Bertz CT molecular complexity index is 558. The zero-order chi connectivity index (χ0) is 16.3. The summed E-state index contributed by atoms with van der Waals surface area (Å²) in [5, 5.41) is 12.0. The van der Waals surface area contributed by atoms with E-state index >= 15 is 0 Å². The third-order valence-corrected chi connectivity index (χ3v) is 5.10. The van der Waals surface area contributed by atoms with Gasteiger partial charge in [-0.3, -0.25) is 9.59 Å². The molecule has 7 nitrogen and oxygen atoms in total. The van der Waals surface area contributed by atoms with Crippen LogP contribution in [0.5, 0.6) is 0 Å². The van der Waals surface area contributed by atoms with E-state index in [0.717, 1.165) is 5.82 Å². The van der Waals surface area contributed by atoms with E-state index in [1.54, 1.807) is 12.4 Å². The molecule has 2 amide bonds.